The first-order chi connectivity index (χ1) is 7.15. The molecular weight excluding hydrogens is 200 g/mol. The van der Waals surface area contributed by atoms with Crippen molar-refractivity contribution in [1.29, 1.82) is 0 Å². The van der Waals surface area contributed by atoms with Crippen molar-refractivity contribution in [1.82, 2.24) is 0 Å². The van der Waals surface area contributed by atoms with Crippen molar-refractivity contribution in [2.75, 3.05) is 13.2 Å². The summed E-state index contributed by atoms with van der Waals surface area (Å²) in [5, 5.41) is 10.3. The van der Waals surface area contributed by atoms with Crippen molar-refractivity contribution < 1.29 is 14.5 Å². The SMILES string of the molecule is NCCOC(=O)c1ccc([N+](=O)[O-])cc1. The number of nitro groups is 1. The smallest absolute Gasteiger partial charge is 0.338 e. The molecule has 0 saturated heterocycles. The van der Waals surface area contributed by atoms with Crippen LogP contribution in [0.2, 0.25) is 0 Å². The van der Waals surface area contributed by atoms with Crippen LogP contribution in [0.3, 0.4) is 0 Å². The standard InChI is InChI=1S/C9H10N2O4/c10-5-6-15-9(12)7-1-3-8(4-2-7)11(13)14/h1-4H,5-6,10H2. The summed E-state index contributed by atoms with van der Waals surface area (Å²) in [5.41, 5.74) is 5.36. The predicted molar refractivity (Wildman–Crippen MR) is 52.4 cm³/mol. The quantitative estimate of drug-likeness (QED) is 0.448. The molecule has 0 bridgehead atoms. The first-order valence-electron chi connectivity index (χ1n) is 4.27. The van der Waals surface area contributed by atoms with Crippen molar-refractivity contribution in [2.45, 2.75) is 0 Å². The van der Waals surface area contributed by atoms with Crippen LogP contribution in [0.1, 0.15) is 10.4 Å². The lowest BCUT2D eigenvalue weighted by Gasteiger charge is -2.01. The van der Waals surface area contributed by atoms with E-state index in [4.69, 9.17) is 10.5 Å². The molecule has 0 aliphatic rings. The molecular formula is C9H10N2O4. The highest BCUT2D eigenvalue weighted by Gasteiger charge is 2.09. The minimum Gasteiger partial charge on any atom is -0.461 e. The molecule has 80 valence electrons. The van der Waals surface area contributed by atoms with Crippen LogP contribution in [0.25, 0.3) is 0 Å². The monoisotopic (exact) mass is 210 g/mol. The second kappa shape index (κ2) is 5.06. The predicted octanol–water partition coefficient (Wildman–Crippen LogP) is 0.710. The summed E-state index contributed by atoms with van der Waals surface area (Å²) in [6, 6.07) is 5.19. The van der Waals surface area contributed by atoms with Crippen molar-refractivity contribution in [2.24, 2.45) is 5.73 Å². The highest BCUT2D eigenvalue weighted by atomic mass is 16.6. The number of carbonyl (C=O) groups excluding carboxylic acids is 1. The Balaban J connectivity index is 2.71. The molecule has 1 aromatic rings. The Bertz CT molecular complexity index is 361. The first kappa shape index (κ1) is 11.1. The van der Waals surface area contributed by atoms with E-state index in [-0.39, 0.29) is 24.4 Å². The number of hydrogen-bond donors (Lipinski definition) is 1. The van der Waals surface area contributed by atoms with Crippen LogP contribution in [0.4, 0.5) is 5.69 Å². The molecule has 0 spiro atoms. The Morgan fingerprint density at radius 3 is 2.47 bits per heavy atom. The highest BCUT2D eigenvalue weighted by Crippen LogP contribution is 2.12. The average molecular weight is 210 g/mol. The van der Waals surface area contributed by atoms with Crippen LogP contribution < -0.4 is 5.73 Å². The Labute approximate surface area is 85.8 Å². The number of nitrogens with zero attached hydrogens (tertiary/aromatic N) is 1. The Hall–Kier alpha value is -1.95. The fourth-order valence-electron chi connectivity index (χ4n) is 0.954. The second-order valence-electron chi connectivity index (χ2n) is 2.73. The molecule has 0 atom stereocenters. The molecule has 6 heteroatoms. The van der Waals surface area contributed by atoms with Gasteiger partial charge >= 0.3 is 5.97 Å². The molecule has 0 unspecified atom stereocenters. The molecule has 0 amide bonds. The number of ether oxygens (including phenoxy) is 1. The summed E-state index contributed by atoms with van der Waals surface area (Å²) < 4.78 is 4.74. The van der Waals surface area contributed by atoms with Crippen molar-refractivity contribution >= 4 is 11.7 Å². The van der Waals surface area contributed by atoms with E-state index in [1.54, 1.807) is 0 Å². The number of hydrogen-bond acceptors (Lipinski definition) is 5. The van der Waals surface area contributed by atoms with Gasteiger partial charge in [-0.05, 0) is 12.1 Å². The third-order valence-corrected chi connectivity index (χ3v) is 1.66. The van der Waals surface area contributed by atoms with Gasteiger partial charge in [-0.1, -0.05) is 0 Å². The van der Waals surface area contributed by atoms with Crippen LogP contribution in [-0.2, 0) is 4.74 Å². The Kier molecular flexibility index (Phi) is 3.75. The van der Waals surface area contributed by atoms with E-state index in [1.165, 1.54) is 24.3 Å². The van der Waals surface area contributed by atoms with E-state index >= 15 is 0 Å². The zero-order valence-corrected chi connectivity index (χ0v) is 7.88. The van der Waals surface area contributed by atoms with Gasteiger partial charge in [0, 0.05) is 18.7 Å². The van der Waals surface area contributed by atoms with E-state index < -0.39 is 10.9 Å². The van der Waals surface area contributed by atoms with E-state index in [0.29, 0.717) is 0 Å². The maximum Gasteiger partial charge on any atom is 0.338 e. The molecule has 0 aliphatic carbocycles. The molecule has 0 fully saturated rings. The number of benzene rings is 1. The van der Waals surface area contributed by atoms with Gasteiger partial charge in [-0.3, -0.25) is 10.1 Å². The van der Waals surface area contributed by atoms with Gasteiger partial charge in [0.05, 0.1) is 10.5 Å². The third kappa shape index (κ3) is 3.03. The zero-order chi connectivity index (χ0) is 11.3. The lowest BCUT2D eigenvalue weighted by atomic mass is 10.2. The largest absolute Gasteiger partial charge is 0.461 e. The van der Waals surface area contributed by atoms with E-state index in [2.05, 4.69) is 0 Å². The van der Waals surface area contributed by atoms with Gasteiger partial charge in [0.1, 0.15) is 6.61 Å². The minimum absolute atomic E-state index is 0.0645. The van der Waals surface area contributed by atoms with Crippen LogP contribution in [0.15, 0.2) is 24.3 Å². The normalized spacial score (nSPS) is 9.67. The first-order valence-corrected chi connectivity index (χ1v) is 4.27. The van der Waals surface area contributed by atoms with Gasteiger partial charge in [0.2, 0.25) is 0 Å². The molecule has 0 radical (unpaired) electrons. The molecule has 15 heavy (non-hydrogen) atoms. The van der Waals surface area contributed by atoms with E-state index in [0.717, 1.165) is 0 Å². The van der Waals surface area contributed by atoms with Crippen LogP contribution in [0.5, 0.6) is 0 Å². The van der Waals surface area contributed by atoms with Gasteiger partial charge in [0.25, 0.3) is 5.69 Å². The molecule has 6 nitrogen and oxygen atoms in total. The third-order valence-electron chi connectivity index (χ3n) is 1.66. The molecule has 0 saturated carbocycles. The summed E-state index contributed by atoms with van der Waals surface area (Å²) in [6.45, 7) is 0.383. The van der Waals surface area contributed by atoms with Crippen molar-refractivity contribution in [3.63, 3.8) is 0 Å². The molecule has 1 aromatic carbocycles. The number of carbonyl (C=O) groups is 1. The topological polar surface area (TPSA) is 95.5 Å². The summed E-state index contributed by atoms with van der Waals surface area (Å²) in [6.07, 6.45) is 0. The molecule has 0 aromatic heterocycles. The summed E-state index contributed by atoms with van der Waals surface area (Å²) in [7, 11) is 0. The maximum absolute atomic E-state index is 11.2. The van der Waals surface area contributed by atoms with Gasteiger partial charge in [0.15, 0.2) is 0 Å². The molecule has 1 rings (SSSR count). The fraction of sp³-hybridized carbons (Fsp3) is 0.222. The van der Waals surface area contributed by atoms with Crippen LogP contribution in [-0.4, -0.2) is 24.0 Å². The van der Waals surface area contributed by atoms with Gasteiger partial charge in [-0.2, -0.15) is 0 Å². The average Bonchev–Trinajstić information content (AvgIpc) is 2.26. The number of non-ortho nitro benzene ring substituents is 1. The number of rotatable bonds is 4. The number of esters is 1. The lowest BCUT2D eigenvalue weighted by Crippen LogP contribution is -2.13. The van der Waals surface area contributed by atoms with Crippen molar-refractivity contribution in [3.05, 3.63) is 39.9 Å². The summed E-state index contributed by atoms with van der Waals surface area (Å²) >= 11 is 0. The van der Waals surface area contributed by atoms with Crippen LogP contribution >= 0.6 is 0 Å². The van der Waals surface area contributed by atoms with Gasteiger partial charge < -0.3 is 10.5 Å². The Morgan fingerprint density at radius 1 is 1.40 bits per heavy atom. The fourth-order valence-corrected chi connectivity index (χ4v) is 0.954. The number of nitrogens with two attached hydrogens (primary N) is 1. The zero-order valence-electron chi connectivity index (χ0n) is 7.88. The molecule has 2 N–H and O–H groups in total. The van der Waals surface area contributed by atoms with E-state index in [1.807, 2.05) is 0 Å². The summed E-state index contributed by atoms with van der Waals surface area (Å²) in [5.74, 6) is -0.532. The van der Waals surface area contributed by atoms with Gasteiger partial charge in [-0.15, -0.1) is 0 Å². The summed E-state index contributed by atoms with van der Waals surface area (Å²) in [4.78, 5) is 21.0. The maximum atomic E-state index is 11.2. The van der Waals surface area contributed by atoms with Crippen LogP contribution in [0, 0.1) is 10.1 Å². The Morgan fingerprint density at radius 2 is 2.00 bits per heavy atom. The van der Waals surface area contributed by atoms with Gasteiger partial charge in [-0.25, -0.2) is 4.79 Å². The minimum atomic E-state index is -0.533. The van der Waals surface area contributed by atoms with E-state index in [9.17, 15) is 14.9 Å². The molecule has 0 aliphatic heterocycles. The molecule has 0 heterocycles. The van der Waals surface area contributed by atoms with Crippen molar-refractivity contribution in [3.8, 4) is 0 Å². The number of nitro benzene ring substituents is 1. The highest BCUT2D eigenvalue weighted by molar-refractivity contribution is 5.89. The lowest BCUT2D eigenvalue weighted by molar-refractivity contribution is -0.384. The second-order valence-corrected chi connectivity index (χ2v) is 2.73.